The van der Waals surface area contributed by atoms with E-state index in [1.165, 1.54) is 12.1 Å². The summed E-state index contributed by atoms with van der Waals surface area (Å²) in [4.78, 5) is 1.09. The minimum Gasteiger partial charge on any atom is -0.406 e. The van der Waals surface area contributed by atoms with E-state index in [1.807, 2.05) is 17.5 Å². The van der Waals surface area contributed by atoms with Crippen LogP contribution >= 0.6 is 11.3 Å². The van der Waals surface area contributed by atoms with Crippen LogP contribution < -0.4 is 10.1 Å². The molecule has 118 valence electrons. The van der Waals surface area contributed by atoms with Crippen molar-refractivity contribution in [2.75, 3.05) is 5.32 Å². The number of rotatable bonds is 2. The molecule has 7 heteroatoms. The van der Waals surface area contributed by atoms with Crippen molar-refractivity contribution in [2.45, 2.75) is 31.3 Å². The Morgan fingerprint density at radius 3 is 2.77 bits per heavy atom. The van der Waals surface area contributed by atoms with Crippen LogP contribution in [0.15, 0.2) is 35.7 Å². The summed E-state index contributed by atoms with van der Waals surface area (Å²) >= 11 is 1.58. The zero-order chi connectivity index (χ0) is 15.7. The van der Waals surface area contributed by atoms with E-state index in [4.69, 9.17) is 0 Å². The number of hydrogen-bond acceptors (Lipinski definition) is 4. The van der Waals surface area contributed by atoms with E-state index >= 15 is 0 Å². The first kappa shape index (κ1) is 15.2. The topological polar surface area (TPSA) is 41.5 Å². The lowest BCUT2D eigenvalue weighted by Gasteiger charge is -2.18. The van der Waals surface area contributed by atoms with Crippen LogP contribution in [0.5, 0.6) is 5.75 Å². The first-order valence-electron chi connectivity index (χ1n) is 6.77. The molecule has 0 radical (unpaired) electrons. The molecule has 0 fully saturated rings. The summed E-state index contributed by atoms with van der Waals surface area (Å²) in [5.41, 5.74) is 1.35. The highest BCUT2D eigenvalue weighted by Gasteiger charge is 2.32. The van der Waals surface area contributed by atoms with Gasteiger partial charge in [0.05, 0.1) is 12.1 Å². The number of aliphatic hydroxyl groups excluding tert-OH is 1. The normalized spacial score (nSPS) is 21.6. The molecule has 2 atom stereocenters. The highest BCUT2D eigenvalue weighted by Crippen LogP contribution is 2.36. The number of benzene rings is 1. The molecule has 0 unspecified atom stereocenters. The van der Waals surface area contributed by atoms with Crippen molar-refractivity contribution >= 4 is 17.0 Å². The van der Waals surface area contributed by atoms with Gasteiger partial charge in [-0.3, -0.25) is 0 Å². The van der Waals surface area contributed by atoms with E-state index in [2.05, 4.69) is 10.1 Å². The minimum atomic E-state index is -4.72. The summed E-state index contributed by atoms with van der Waals surface area (Å²) in [7, 11) is 0. The van der Waals surface area contributed by atoms with Gasteiger partial charge < -0.3 is 15.2 Å². The number of thiophene rings is 1. The molecule has 1 aromatic carbocycles. The van der Waals surface area contributed by atoms with Crippen molar-refractivity contribution in [3.8, 4) is 5.75 Å². The average Bonchev–Trinajstić information content (AvgIpc) is 2.87. The number of hydrogen-bond donors (Lipinski definition) is 2. The van der Waals surface area contributed by atoms with Crippen LogP contribution in [-0.4, -0.2) is 17.6 Å². The molecular formula is C15H14F3NO2S. The highest BCUT2D eigenvalue weighted by atomic mass is 32.1. The maximum absolute atomic E-state index is 12.3. The van der Waals surface area contributed by atoms with Gasteiger partial charge in [-0.05, 0) is 41.6 Å². The summed E-state index contributed by atoms with van der Waals surface area (Å²) in [6, 6.07) is 8.03. The molecule has 2 N–H and O–H groups in total. The molecule has 0 saturated carbocycles. The van der Waals surface area contributed by atoms with E-state index in [0.29, 0.717) is 18.4 Å². The third-order valence-electron chi connectivity index (χ3n) is 3.49. The molecule has 0 amide bonds. The van der Waals surface area contributed by atoms with Gasteiger partial charge in [0.1, 0.15) is 5.75 Å². The van der Waals surface area contributed by atoms with Crippen molar-refractivity contribution in [1.29, 1.82) is 0 Å². The van der Waals surface area contributed by atoms with E-state index in [-0.39, 0.29) is 11.8 Å². The van der Waals surface area contributed by atoms with Crippen molar-refractivity contribution < 1.29 is 23.0 Å². The summed E-state index contributed by atoms with van der Waals surface area (Å²) in [6.07, 6.45) is -4.55. The van der Waals surface area contributed by atoms with Crippen LogP contribution in [0.2, 0.25) is 0 Å². The molecule has 0 bridgehead atoms. The molecule has 2 aromatic rings. The fraction of sp³-hybridized carbons (Fsp3) is 0.333. The lowest BCUT2D eigenvalue weighted by Crippen LogP contribution is -2.17. The van der Waals surface area contributed by atoms with E-state index in [9.17, 15) is 18.3 Å². The van der Waals surface area contributed by atoms with Gasteiger partial charge in [0.25, 0.3) is 0 Å². The van der Waals surface area contributed by atoms with Gasteiger partial charge in [0.15, 0.2) is 0 Å². The maximum Gasteiger partial charge on any atom is 0.573 e. The number of fused-ring (bicyclic) bond motifs is 1. The van der Waals surface area contributed by atoms with Crippen LogP contribution in [0.4, 0.5) is 18.9 Å². The Balaban J connectivity index is 1.87. The molecule has 3 rings (SSSR count). The fourth-order valence-corrected chi connectivity index (χ4v) is 3.40. The van der Waals surface area contributed by atoms with Gasteiger partial charge in [0.2, 0.25) is 0 Å². The van der Waals surface area contributed by atoms with Crippen LogP contribution in [0, 0.1) is 0 Å². The monoisotopic (exact) mass is 329 g/mol. The molecule has 0 spiro atoms. The Kier molecular flexibility index (Phi) is 4.01. The van der Waals surface area contributed by atoms with E-state index < -0.39 is 12.5 Å². The Morgan fingerprint density at radius 1 is 1.27 bits per heavy atom. The smallest absolute Gasteiger partial charge is 0.406 e. The highest BCUT2D eigenvalue weighted by molar-refractivity contribution is 7.10. The second-order valence-corrected chi connectivity index (χ2v) is 6.15. The SMILES string of the molecule is O[C@@H]1Cc2cc(OC(F)(F)F)ccc2N[C@H](c2cccs2)C1. The van der Waals surface area contributed by atoms with Crippen LogP contribution in [0.1, 0.15) is 22.9 Å². The molecular weight excluding hydrogens is 315 g/mol. The Bertz CT molecular complexity index is 643. The Labute approximate surface area is 129 Å². The van der Waals surface area contributed by atoms with Crippen molar-refractivity contribution in [2.24, 2.45) is 0 Å². The number of halogens is 3. The largest absolute Gasteiger partial charge is 0.573 e. The van der Waals surface area contributed by atoms with E-state index in [0.717, 1.165) is 10.6 Å². The summed E-state index contributed by atoms with van der Waals surface area (Å²) in [5, 5.41) is 15.4. The number of ether oxygens (including phenoxy) is 1. The van der Waals surface area contributed by atoms with Gasteiger partial charge in [0, 0.05) is 17.0 Å². The van der Waals surface area contributed by atoms with Crippen molar-refractivity contribution in [1.82, 2.24) is 0 Å². The minimum absolute atomic E-state index is 0.0503. The number of nitrogens with one attached hydrogen (secondary N) is 1. The Morgan fingerprint density at radius 2 is 2.09 bits per heavy atom. The summed E-state index contributed by atoms with van der Waals surface area (Å²) < 4.78 is 40.8. The lowest BCUT2D eigenvalue weighted by atomic mass is 10.0. The van der Waals surface area contributed by atoms with Crippen LogP contribution in [0.25, 0.3) is 0 Å². The van der Waals surface area contributed by atoms with E-state index in [1.54, 1.807) is 17.4 Å². The number of anilines is 1. The van der Waals surface area contributed by atoms with Gasteiger partial charge >= 0.3 is 6.36 Å². The van der Waals surface area contributed by atoms with Gasteiger partial charge in [-0.15, -0.1) is 24.5 Å². The first-order valence-corrected chi connectivity index (χ1v) is 7.65. The fourth-order valence-electron chi connectivity index (χ4n) is 2.61. The number of aliphatic hydroxyl groups is 1. The number of alkyl halides is 3. The molecule has 1 aliphatic heterocycles. The first-order chi connectivity index (χ1) is 10.4. The predicted octanol–water partition coefficient (Wildman–Crippen LogP) is 4.11. The van der Waals surface area contributed by atoms with Gasteiger partial charge in [-0.2, -0.15) is 0 Å². The standard InChI is InChI=1S/C15H14F3NO2S/c16-15(17,18)21-11-3-4-12-9(7-11)6-10(20)8-13(19-12)14-2-1-5-22-14/h1-5,7,10,13,19-20H,6,8H2/t10-,13+/m1/s1. The van der Waals surface area contributed by atoms with Gasteiger partial charge in [-0.25, -0.2) is 0 Å². The average molecular weight is 329 g/mol. The van der Waals surface area contributed by atoms with Crippen LogP contribution in [0.3, 0.4) is 0 Å². The molecule has 3 nitrogen and oxygen atoms in total. The zero-order valence-corrected chi connectivity index (χ0v) is 12.2. The van der Waals surface area contributed by atoms with Crippen molar-refractivity contribution in [3.05, 3.63) is 46.2 Å². The zero-order valence-electron chi connectivity index (χ0n) is 11.4. The second kappa shape index (κ2) is 5.81. The third kappa shape index (κ3) is 3.53. The quantitative estimate of drug-likeness (QED) is 0.871. The van der Waals surface area contributed by atoms with Crippen molar-refractivity contribution in [3.63, 3.8) is 0 Å². The lowest BCUT2D eigenvalue weighted by molar-refractivity contribution is -0.274. The third-order valence-corrected chi connectivity index (χ3v) is 4.48. The molecule has 1 aromatic heterocycles. The molecule has 22 heavy (non-hydrogen) atoms. The second-order valence-electron chi connectivity index (χ2n) is 5.17. The molecule has 0 aliphatic carbocycles. The summed E-state index contributed by atoms with van der Waals surface area (Å²) in [5.74, 6) is -0.269. The maximum atomic E-state index is 12.3. The molecule has 1 aliphatic rings. The Hall–Kier alpha value is -1.73. The predicted molar refractivity (Wildman–Crippen MR) is 78.1 cm³/mol. The van der Waals surface area contributed by atoms with Crippen LogP contribution in [-0.2, 0) is 6.42 Å². The molecule has 0 saturated heterocycles. The van der Waals surface area contributed by atoms with Gasteiger partial charge in [-0.1, -0.05) is 6.07 Å². The summed E-state index contributed by atoms with van der Waals surface area (Å²) in [6.45, 7) is 0. The molecule has 2 heterocycles.